The minimum atomic E-state index is 1.11. The molecule has 52 heavy (non-hydrogen) atoms. The van der Waals surface area contributed by atoms with Gasteiger partial charge >= 0.3 is 0 Å². The largest absolute Gasteiger partial charge is 0.310 e. The van der Waals surface area contributed by atoms with Gasteiger partial charge in [0.15, 0.2) is 0 Å². The molecule has 1 aromatic heterocycles. The van der Waals surface area contributed by atoms with E-state index in [0.717, 1.165) is 17.1 Å². The van der Waals surface area contributed by atoms with Crippen LogP contribution in [0.5, 0.6) is 0 Å². The Bertz CT molecular complexity index is 2890. The molecule has 0 saturated carbocycles. The van der Waals surface area contributed by atoms with Gasteiger partial charge in [-0.1, -0.05) is 152 Å². The fraction of sp³-hybridized carbons (Fsp3) is 0. The predicted octanol–water partition coefficient (Wildman–Crippen LogP) is 14.8. The van der Waals surface area contributed by atoms with Gasteiger partial charge in [0.25, 0.3) is 0 Å². The first-order valence-electron chi connectivity index (χ1n) is 17.8. The smallest absolute Gasteiger partial charge is 0.0540 e. The molecule has 0 aliphatic rings. The maximum atomic E-state index is 2.41. The fourth-order valence-electron chi connectivity index (χ4n) is 7.76. The molecule has 1 nitrogen and oxygen atoms in total. The third-order valence-electron chi connectivity index (χ3n) is 10.3. The van der Waals surface area contributed by atoms with E-state index in [1.807, 2.05) is 11.3 Å². The molecule has 0 spiro atoms. The predicted molar refractivity (Wildman–Crippen MR) is 225 cm³/mol. The number of hydrogen-bond acceptors (Lipinski definition) is 2. The molecule has 0 amide bonds. The zero-order chi connectivity index (χ0) is 34.4. The number of thiophene rings is 1. The molecule has 0 atom stereocenters. The van der Waals surface area contributed by atoms with E-state index in [1.54, 1.807) is 0 Å². The average molecular weight is 680 g/mol. The van der Waals surface area contributed by atoms with Crippen molar-refractivity contribution in [2.24, 2.45) is 0 Å². The molecule has 0 fully saturated rings. The van der Waals surface area contributed by atoms with E-state index in [0.29, 0.717) is 0 Å². The van der Waals surface area contributed by atoms with Crippen LogP contribution in [0, 0.1) is 0 Å². The van der Waals surface area contributed by atoms with Crippen LogP contribution >= 0.6 is 11.3 Å². The maximum Gasteiger partial charge on any atom is 0.0540 e. The van der Waals surface area contributed by atoms with E-state index < -0.39 is 0 Å². The van der Waals surface area contributed by atoms with Gasteiger partial charge in [0.05, 0.1) is 5.69 Å². The third-order valence-corrected chi connectivity index (χ3v) is 11.4. The lowest BCUT2D eigenvalue weighted by atomic mass is 9.95. The number of nitrogens with zero attached hydrogens (tertiary/aromatic N) is 1. The van der Waals surface area contributed by atoms with Gasteiger partial charge in [-0.2, -0.15) is 0 Å². The van der Waals surface area contributed by atoms with Gasteiger partial charge < -0.3 is 4.90 Å². The summed E-state index contributed by atoms with van der Waals surface area (Å²) in [4.78, 5) is 2.41. The lowest BCUT2D eigenvalue weighted by Gasteiger charge is -2.28. The van der Waals surface area contributed by atoms with Crippen molar-refractivity contribution in [3.63, 3.8) is 0 Å². The number of benzene rings is 9. The average Bonchev–Trinajstić information content (AvgIpc) is 3.60. The highest BCUT2D eigenvalue weighted by atomic mass is 32.1. The van der Waals surface area contributed by atoms with E-state index >= 15 is 0 Å². The Labute approximate surface area is 307 Å². The topological polar surface area (TPSA) is 3.24 Å². The second-order valence-electron chi connectivity index (χ2n) is 13.3. The summed E-state index contributed by atoms with van der Waals surface area (Å²) in [6, 6.07) is 73.0. The number of fused-ring (bicyclic) bond motifs is 5. The third kappa shape index (κ3) is 5.24. The summed E-state index contributed by atoms with van der Waals surface area (Å²) in [5.74, 6) is 0. The first-order chi connectivity index (χ1) is 25.8. The highest BCUT2D eigenvalue weighted by molar-refractivity contribution is 7.25. The molecular weight excluding hydrogens is 647 g/mol. The van der Waals surface area contributed by atoms with Crippen molar-refractivity contribution < 1.29 is 0 Å². The number of rotatable bonds is 6. The summed E-state index contributed by atoms with van der Waals surface area (Å²) in [6.45, 7) is 0. The zero-order valence-electron chi connectivity index (χ0n) is 28.4. The fourth-order valence-corrected chi connectivity index (χ4v) is 8.89. The van der Waals surface area contributed by atoms with Crippen LogP contribution in [0.1, 0.15) is 0 Å². The Kier molecular flexibility index (Phi) is 7.41. The molecule has 10 rings (SSSR count). The summed E-state index contributed by atoms with van der Waals surface area (Å²) in [6.07, 6.45) is 0. The van der Waals surface area contributed by atoms with Crippen LogP contribution in [0.25, 0.3) is 75.1 Å². The maximum absolute atomic E-state index is 2.41. The Morgan fingerprint density at radius 3 is 1.71 bits per heavy atom. The normalized spacial score (nSPS) is 11.5. The molecule has 1 heterocycles. The summed E-state index contributed by atoms with van der Waals surface area (Å²) < 4.78 is 2.64. The first-order valence-corrected chi connectivity index (χ1v) is 18.6. The van der Waals surface area contributed by atoms with Crippen molar-refractivity contribution in [2.75, 3.05) is 4.90 Å². The molecule has 2 heteroatoms. The van der Waals surface area contributed by atoms with Crippen LogP contribution in [0.15, 0.2) is 200 Å². The zero-order valence-corrected chi connectivity index (χ0v) is 29.2. The van der Waals surface area contributed by atoms with Crippen LogP contribution in [-0.4, -0.2) is 0 Å². The van der Waals surface area contributed by atoms with E-state index in [2.05, 4.69) is 205 Å². The van der Waals surface area contributed by atoms with E-state index in [-0.39, 0.29) is 0 Å². The van der Waals surface area contributed by atoms with Crippen molar-refractivity contribution in [3.8, 4) is 33.4 Å². The van der Waals surface area contributed by atoms with Crippen LogP contribution < -0.4 is 4.90 Å². The van der Waals surface area contributed by atoms with E-state index in [9.17, 15) is 0 Å². The first kappa shape index (κ1) is 30.4. The highest BCUT2D eigenvalue weighted by Gasteiger charge is 2.19. The van der Waals surface area contributed by atoms with Gasteiger partial charge in [-0.3, -0.25) is 0 Å². The second kappa shape index (κ2) is 12.7. The Morgan fingerprint density at radius 1 is 0.327 bits per heavy atom. The van der Waals surface area contributed by atoms with Gasteiger partial charge in [-0.15, -0.1) is 11.3 Å². The van der Waals surface area contributed by atoms with Crippen LogP contribution in [0.2, 0.25) is 0 Å². The molecule has 10 aromatic rings. The van der Waals surface area contributed by atoms with Gasteiger partial charge in [-0.25, -0.2) is 0 Å². The van der Waals surface area contributed by atoms with Crippen molar-refractivity contribution >= 4 is 70.1 Å². The molecule has 0 aliphatic heterocycles. The minimum absolute atomic E-state index is 1.11. The molecule has 244 valence electrons. The van der Waals surface area contributed by atoms with Crippen molar-refractivity contribution in [3.05, 3.63) is 200 Å². The number of para-hydroxylation sites is 1. The van der Waals surface area contributed by atoms with E-state index in [1.165, 1.54) is 75.1 Å². The Hall–Kier alpha value is -6.48. The Balaban J connectivity index is 1.12. The summed E-state index contributed by atoms with van der Waals surface area (Å²) in [5.41, 5.74) is 10.7. The SMILES string of the molecule is c1ccc(N(c2ccc(-c3ccc4ccccc4c3)cc2)c2ccc(-c3cccc4sc5ccccc5c34)cc2)c(-c2cccc3ccccc23)c1. The molecule has 0 radical (unpaired) electrons. The van der Waals surface area contributed by atoms with Crippen LogP contribution in [0.4, 0.5) is 17.1 Å². The monoisotopic (exact) mass is 679 g/mol. The Morgan fingerprint density at radius 2 is 0.885 bits per heavy atom. The van der Waals surface area contributed by atoms with Gasteiger partial charge in [0.2, 0.25) is 0 Å². The molecule has 0 N–H and O–H groups in total. The number of hydrogen-bond donors (Lipinski definition) is 0. The standard InChI is InChI=1S/C50H33NS/c1-2-13-38-33-39(24-23-34(38)11-1)35-25-29-40(30-26-35)51(47-20-7-5-16-45(47)44-19-9-14-36-12-3-4-15-42(36)44)41-31-27-37(28-32-41)43-18-10-22-49-50(43)46-17-6-8-21-48(46)52-49/h1-33H. The van der Waals surface area contributed by atoms with Gasteiger partial charge in [-0.05, 0) is 97.9 Å². The molecule has 0 unspecified atom stereocenters. The summed E-state index contributed by atoms with van der Waals surface area (Å²) >= 11 is 1.86. The second-order valence-corrected chi connectivity index (χ2v) is 14.4. The van der Waals surface area contributed by atoms with Gasteiger partial charge in [0.1, 0.15) is 0 Å². The summed E-state index contributed by atoms with van der Waals surface area (Å²) in [5, 5.41) is 7.64. The van der Waals surface area contributed by atoms with Gasteiger partial charge in [0, 0.05) is 37.1 Å². The number of anilines is 3. The van der Waals surface area contributed by atoms with Crippen LogP contribution in [-0.2, 0) is 0 Å². The van der Waals surface area contributed by atoms with Crippen molar-refractivity contribution in [2.45, 2.75) is 0 Å². The van der Waals surface area contributed by atoms with Crippen LogP contribution in [0.3, 0.4) is 0 Å². The molecule has 0 aliphatic carbocycles. The van der Waals surface area contributed by atoms with Crippen molar-refractivity contribution in [1.82, 2.24) is 0 Å². The molecular formula is C50H33NS. The summed E-state index contributed by atoms with van der Waals surface area (Å²) in [7, 11) is 0. The quantitative estimate of drug-likeness (QED) is 0.169. The van der Waals surface area contributed by atoms with E-state index in [4.69, 9.17) is 0 Å². The molecule has 0 saturated heterocycles. The minimum Gasteiger partial charge on any atom is -0.310 e. The molecule has 0 bridgehead atoms. The lowest BCUT2D eigenvalue weighted by Crippen LogP contribution is -2.11. The van der Waals surface area contributed by atoms with Crippen molar-refractivity contribution in [1.29, 1.82) is 0 Å². The lowest BCUT2D eigenvalue weighted by molar-refractivity contribution is 1.28. The molecule has 9 aromatic carbocycles. The highest BCUT2D eigenvalue weighted by Crippen LogP contribution is 2.45.